The third-order valence-corrected chi connectivity index (χ3v) is 3.68. The van der Waals surface area contributed by atoms with Crippen LogP contribution in [0.5, 0.6) is 0 Å². The van der Waals surface area contributed by atoms with Crippen LogP contribution >= 0.6 is 27.5 Å². The van der Waals surface area contributed by atoms with Crippen molar-refractivity contribution in [3.05, 3.63) is 63.6 Å². The number of pyridine rings is 1. The number of hydrogen-bond acceptors (Lipinski definition) is 1. The Morgan fingerprint density at radius 2 is 2.11 bits per heavy atom. The lowest BCUT2D eigenvalue weighted by Crippen LogP contribution is -1.99. The molecule has 0 N–H and O–H groups in total. The second-order valence-electron chi connectivity index (χ2n) is 4.17. The van der Waals surface area contributed by atoms with Crippen molar-refractivity contribution >= 4 is 27.5 Å². The van der Waals surface area contributed by atoms with Gasteiger partial charge in [-0.25, -0.2) is 4.39 Å². The summed E-state index contributed by atoms with van der Waals surface area (Å²) in [7, 11) is 0. The van der Waals surface area contributed by atoms with E-state index in [2.05, 4.69) is 20.9 Å². The fourth-order valence-electron chi connectivity index (χ4n) is 1.63. The molecule has 1 atom stereocenters. The van der Waals surface area contributed by atoms with Crippen LogP contribution in [0.25, 0.3) is 0 Å². The molecule has 2 rings (SSSR count). The molecule has 1 nitrogen and oxygen atoms in total. The van der Waals surface area contributed by atoms with Crippen LogP contribution in [0.1, 0.15) is 22.2 Å². The third kappa shape index (κ3) is 3.30. The lowest BCUT2D eigenvalue weighted by atomic mass is 10.1. The molecule has 18 heavy (non-hydrogen) atoms. The highest BCUT2D eigenvalue weighted by atomic mass is 79.9. The molecular weight excluding hydrogens is 317 g/mol. The SMILES string of the molecule is Cc1ccc(CC(Cl)c2ccc(F)c(Br)c2)nc1. The molecule has 0 bridgehead atoms. The van der Waals surface area contributed by atoms with Crippen LogP contribution in [0.4, 0.5) is 4.39 Å². The first-order valence-corrected chi connectivity index (χ1v) is 6.80. The number of aromatic nitrogens is 1. The van der Waals surface area contributed by atoms with E-state index in [4.69, 9.17) is 11.6 Å². The van der Waals surface area contributed by atoms with Gasteiger partial charge in [-0.2, -0.15) is 0 Å². The molecule has 1 aromatic heterocycles. The zero-order valence-electron chi connectivity index (χ0n) is 9.83. The molecule has 0 spiro atoms. The predicted molar refractivity (Wildman–Crippen MR) is 75.4 cm³/mol. The lowest BCUT2D eigenvalue weighted by Gasteiger charge is -2.10. The van der Waals surface area contributed by atoms with Gasteiger partial charge in [-0.3, -0.25) is 4.98 Å². The van der Waals surface area contributed by atoms with E-state index < -0.39 is 0 Å². The van der Waals surface area contributed by atoms with Gasteiger partial charge < -0.3 is 0 Å². The Bertz CT molecular complexity index is 542. The number of alkyl halides is 1. The Hall–Kier alpha value is -0.930. The van der Waals surface area contributed by atoms with Gasteiger partial charge in [0.2, 0.25) is 0 Å². The number of halogens is 3. The Balaban J connectivity index is 2.13. The molecule has 0 fully saturated rings. The molecule has 0 aliphatic heterocycles. The minimum absolute atomic E-state index is 0.211. The van der Waals surface area contributed by atoms with Gasteiger partial charge in [-0.15, -0.1) is 11.6 Å². The third-order valence-electron chi connectivity index (χ3n) is 2.67. The van der Waals surface area contributed by atoms with Gasteiger partial charge >= 0.3 is 0 Å². The van der Waals surface area contributed by atoms with E-state index in [1.165, 1.54) is 6.07 Å². The molecule has 0 saturated heterocycles. The minimum Gasteiger partial charge on any atom is -0.261 e. The fourth-order valence-corrected chi connectivity index (χ4v) is 2.32. The van der Waals surface area contributed by atoms with Crippen molar-refractivity contribution < 1.29 is 4.39 Å². The molecule has 0 aliphatic rings. The molecule has 0 amide bonds. The van der Waals surface area contributed by atoms with Crippen molar-refractivity contribution in [1.29, 1.82) is 0 Å². The van der Waals surface area contributed by atoms with Crippen molar-refractivity contribution in [1.82, 2.24) is 4.98 Å². The minimum atomic E-state index is -0.281. The molecule has 1 heterocycles. The standard InChI is InChI=1S/C14H12BrClFN/c1-9-2-4-11(18-8-9)7-13(16)10-3-5-14(17)12(15)6-10/h2-6,8,13H,7H2,1H3. The fraction of sp³-hybridized carbons (Fsp3) is 0.214. The van der Waals surface area contributed by atoms with Crippen LogP contribution < -0.4 is 0 Å². The maximum Gasteiger partial charge on any atom is 0.137 e. The summed E-state index contributed by atoms with van der Waals surface area (Å²) < 4.78 is 13.6. The van der Waals surface area contributed by atoms with Gasteiger partial charge in [-0.1, -0.05) is 12.1 Å². The predicted octanol–water partition coefficient (Wildman–Crippen LogP) is 4.81. The zero-order valence-corrected chi connectivity index (χ0v) is 12.2. The normalized spacial score (nSPS) is 12.4. The summed E-state index contributed by atoms with van der Waals surface area (Å²) >= 11 is 9.48. The van der Waals surface area contributed by atoms with E-state index in [9.17, 15) is 4.39 Å². The average Bonchev–Trinajstić information content (AvgIpc) is 2.35. The van der Waals surface area contributed by atoms with E-state index >= 15 is 0 Å². The highest BCUT2D eigenvalue weighted by Crippen LogP contribution is 2.27. The first-order chi connectivity index (χ1) is 8.56. The monoisotopic (exact) mass is 327 g/mol. The number of aryl methyl sites for hydroxylation is 1. The molecule has 4 heteroatoms. The van der Waals surface area contributed by atoms with Gasteiger partial charge in [-0.05, 0) is 52.2 Å². The molecule has 0 saturated carbocycles. The highest BCUT2D eigenvalue weighted by Gasteiger charge is 2.11. The Kier molecular flexibility index (Phi) is 4.36. The summed E-state index contributed by atoms with van der Waals surface area (Å²) in [5, 5.41) is -0.211. The summed E-state index contributed by atoms with van der Waals surface area (Å²) in [5.41, 5.74) is 2.93. The molecular formula is C14H12BrClFN. The van der Waals surface area contributed by atoms with E-state index in [1.807, 2.05) is 25.3 Å². The molecule has 94 valence electrons. The van der Waals surface area contributed by atoms with Crippen LogP contribution in [0.2, 0.25) is 0 Å². The van der Waals surface area contributed by atoms with Crippen LogP contribution in [0.15, 0.2) is 41.0 Å². The van der Waals surface area contributed by atoms with E-state index in [-0.39, 0.29) is 11.2 Å². The van der Waals surface area contributed by atoms with Crippen molar-refractivity contribution in [2.75, 3.05) is 0 Å². The Labute approximate surface area is 119 Å². The number of benzene rings is 1. The van der Waals surface area contributed by atoms with Gasteiger partial charge in [0.25, 0.3) is 0 Å². The summed E-state index contributed by atoms with van der Waals surface area (Å²) in [5.74, 6) is -0.281. The highest BCUT2D eigenvalue weighted by molar-refractivity contribution is 9.10. The molecule has 0 radical (unpaired) electrons. The maximum absolute atomic E-state index is 13.1. The van der Waals surface area contributed by atoms with Crippen molar-refractivity contribution in [3.63, 3.8) is 0 Å². The molecule has 0 aliphatic carbocycles. The quantitative estimate of drug-likeness (QED) is 0.737. The topological polar surface area (TPSA) is 12.9 Å². The van der Waals surface area contributed by atoms with Crippen LogP contribution in [-0.4, -0.2) is 4.98 Å². The van der Waals surface area contributed by atoms with E-state index in [0.29, 0.717) is 10.9 Å². The summed E-state index contributed by atoms with van der Waals surface area (Å²) in [4.78, 5) is 4.31. The first-order valence-electron chi connectivity index (χ1n) is 5.57. The van der Waals surface area contributed by atoms with Crippen LogP contribution in [0.3, 0.4) is 0 Å². The second kappa shape index (κ2) is 5.81. The van der Waals surface area contributed by atoms with Gasteiger partial charge in [0.15, 0.2) is 0 Å². The van der Waals surface area contributed by atoms with Crippen molar-refractivity contribution in [2.24, 2.45) is 0 Å². The van der Waals surface area contributed by atoms with E-state index in [0.717, 1.165) is 16.8 Å². The zero-order chi connectivity index (χ0) is 13.1. The largest absolute Gasteiger partial charge is 0.261 e. The van der Waals surface area contributed by atoms with Gasteiger partial charge in [0, 0.05) is 18.3 Å². The van der Waals surface area contributed by atoms with E-state index in [1.54, 1.807) is 12.1 Å². The number of nitrogens with zero attached hydrogens (tertiary/aromatic N) is 1. The summed E-state index contributed by atoms with van der Waals surface area (Å²) in [6.45, 7) is 1.99. The number of hydrogen-bond donors (Lipinski definition) is 0. The Morgan fingerprint density at radius 1 is 1.33 bits per heavy atom. The van der Waals surface area contributed by atoms with Crippen LogP contribution in [0, 0.1) is 12.7 Å². The number of rotatable bonds is 3. The van der Waals surface area contributed by atoms with Crippen LogP contribution in [-0.2, 0) is 6.42 Å². The molecule has 1 aromatic carbocycles. The van der Waals surface area contributed by atoms with Gasteiger partial charge in [0.05, 0.1) is 9.85 Å². The molecule has 2 aromatic rings. The smallest absolute Gasteiger partial charge is 0.137 e. The van der Waals surface area contributed by atoms with Crippen molar-refractivity contribution in [3.8, 4) is 0 Å². The summed E-state index contributed by atoms with van der Waals surface area (Å²) in [6.07, 6.45) is 2.44. The Morgan fingerprint density at radius 3 is 2.72 bits per heavy atom. The first kappa shape index (κ1) is 13.5. The average molecular weight is 329 g/mol. The maximum atomic E-state index is 13.1. The van der Waals surface area contributed by atoms with Crippen molar-refractivity contribution in [2.45, 2.75) is 18.7 Å². The summed E-state index contributed by atoms with van der Waals surface area (Å²) in [6, 6.07) is 8.79. The van der Waals surface area contributed by atoms with Gasteiger partial charge in [0.1, 0.15) is 5.82 Å². The lowest BCUT2D eigenvalue weighted by molar-refractivity contribution is 0.620. The molecule has 1 unspecified atom stereocenters. The second-order valence-corrected chi connectivity index (χ2v) is 5.55.